The topological polar surface area (TPSA) is 53.3 Å². The van der Waals surface area contributed by atoms with E-state index in [2.05, 4.69) is 0 Å². The van der Waals surface area contributed by atoms with E-state index in [1.54, 1.807) is 4.90 Å². The molecule has 12 heavy (non-hydrogen) atoms. The standard InChI is InChI=1S/C7H9ClN2O2/c8-7(11)12-6-1-3-10(5-9)4-2-6/h6H,1-4H2. The SMILES string of the molecule is N#CN1CCC(OC(=O)Cl)CC1. The van der Waals surface area contributed by atoms with Gasteiger partial charge in [-0.3, -0.25) is 0 Å². The van der Waals surface area contributed by atoms with Crippen LogP contribution in [-0.2, 0) is 4.74 Å². The summed E-state index contributed by atoms with van der Waals surface area (Å²) in [7, 11) is 0. The molecule has 0 aromatic carbocycles. The van der Waals surface area contributed by atoms with Gasteiger partial charge in [0.15, 0.2) is 6.19 Å². The summed E-state index contributed by atoms with van der Waals surface area (Å²) in [6.45, 7) is 1.29. The quantitative estimate of drug-likeness (QED) is 0.460. The second-order valence-electron chi connectivity index (χ2n) is 2.64. The van der Waals surface area contributed by atoms with Crippen LogP contribution in [0, 0.1) is 11.5 Å². The monoisotopic (exact) mass is 188 g/mol. The van der Waals surface area contributed by atoms with Crippen molar-refractivity contribution in [1.82, 2.24) is 4.90 Å². The maximum absolute atomic E-state index is 10.3. The number of likely N-dealkylation sites (tertiary alicyclic amines) is 1. The molecule has 0 aromatic heterocycles. The molecule has 0 aromatic rings. The molecule has 1 rings (SSSR count). The van der Waals surface area contributed by atoms with Gasteiger partial charge in [-0.1, -0.05) is 0 Å². The summed E-state index contributed by atoms with van der Waals surface area (Å²) in [4.78, 5) is 12.0. The summed E-state index contributed by atoms with van der Waals surface area (Å²) in [5.41, 5.74) is -0.759. The van der Waals surface area contributed by atoms with Gasteiger partial charge in [-0.2, -0.15) is 5.26 Å². The number of hydrogen-bond donors (Lipinski definition) is 0. The van der Waals surface area contributed by atoms with Crippen LogP contribution in [-0.4, -0.2) is 29.5 Å². The fourth-order valence-corrected chi connectivity index (χ4v) is 1.33. The van der Waals surface area contributed by atoms with Crippen LogP contribution in [0.15, 0.2) is 0 Å². The Kier molecular flexibility index (Phi) is 3.18. The molecule has 1 saturated heterocycles. The fourth-order valence-electron chi connectivity index (χ4n) is 1.20. The van der Waals surface area contributed by atoms with Gasteiger partial charge in [0, 0.05) is 37.5 Å². The predicted octanol–water partition coefficient (Wildman–Crippen LogP) is 1.31. The van der Waals surface area contributed by atoms with E-state index >= 15 is 0 Å². The average Bonchev–Trinajstić information content (AvgIpc) is 2.05. The molecule has 1 aliphatic rings. The highest BCUT2D eigenvalue weighted by atomic mass is 35.5. The van der Waals surface area contributed by atoms with Gasteiger partial charge in [0.1, 0.15) is 6.10 Å². The number of hydrogen-bond acceptors (Lipinski definition) is 4. The van der Waals surface area contributed by atoms with Crippen LogP contribution in [0.3, 0.4) is 0 Å². The first-order chi connectivity index (χ1) is 5.72. The van der Waals surface area contributed by atoms with Crippen LogP contribution in [0.5, 0.6) is 0 Å². The Morgan fingerprint density at radius 3 is 2.58 bits per heavy atom. The van der Waals surface area contributed by atoms with Crippen LogP contribution >= 0.6 is 11.6 Å². The van der Waals surface area contributed by atoms with E-state index in [4.69, 9.17) is 21.6 Å². The Morgan fingerprint density at radius 1 is 1.58 bits per heavy atom. The Balaban J connectivity index is 2.27. The lowest BCUT2D eigenvalue weighted by atomic mass is 10.1. The molecule has 4 nitrogen and oxygen atoms in total. The predicted molar refractivity (Wildman–Crippen MR) is 42.5 cm³/mol. The summed E-state index contributed by atoms with van der Waals surface area (Å²) in [6, 6.07) is 0. The van der Waals surface area contributed by atoms with E-state index in [0.717, 1.165) is 0 Å². The number of piperidine rings is 1. The van der Waals surface area contributed by atoms with Crippen LogP contribution in [0.1, 0.15) is 12.8 Å². The number of carbonyl (C=O) groups excluding carboxylic acids is 1. The minimum Gasteiger partial charge on any atom is -0.450 e. The number of carbonyl (C=O) groups is 1. The lowest BCUT2D eigenvalue weighted by molar-refractivity contribution is 0.0803. The van der Waals surface area contributed by atoms with Gasteiger partial charge in [-0.05, 0) is 0 Å². The highest BCUT2D eigenvalue weighted by Gasteiger charge is 2.20. The molecule has 0 bridgehead atoms. The second kappa shape index (κ2) is 4.17. The number of nitrogens with zero attached hydrogens (tertiary/aromatic N) is 2. The molecular formula is C7H9ClN2O2. The van der Waals surface area contributed by atoms with Gasteiger partial charge in [0.2, 0.25) is 0 Å². The number of halogens is 1. The third-order valence-electron chi connectivity index (χ3n) is 1.84. The van der Waals surface area contributed by atoms with E-state index < -0.39 is 5.43 Å². The first kappa shape index (κ1) is 9.14. The van der Waals surface area contributed by atoms with Gasteiger partial charge >= 0.3 is 5.43 Å². The molecule has 0 unspecified atom stereocenters. The maximum atomic E-state index is 10.3. The molecule has 5 heteroatoms. The van der Waals surface area contributed by atoms with Crippen LogP contribution in [0.4, 0.5) is 4.79 Å². The van der Waals surface area contributed by atoms with Gasteiger partial charge < -0.3 is 9.64 Å². The minimum atomic E-state index is -0.759. The maximum Gasteiger partial charge on any atom is 0.404 e. The third-order valence-corrected chi connectivity index (χ3v) is 1.93. The molecule has 0 spiro atoms. The van der Waals surface area contributed by atoms with Crippen molar-refractivity contribution in [3.05, 3.63) is 0 Å². The van der Waals surface area contributed by atoms with Crippen LogP contribution < -0.4 is 0 Å². The molecule has 1 heterocycles. The van der Waals surface area contributed by atoms with Crippen molar-refractivity contribution in [3.8, 4) is 6.19 Å². The molecule has 0 radical (unpaired) electrons. The zero-order chi connectivity index (χ0) is 8.97. The Bertz CT molecular complexity index is 206. The van der Waals surface area contributed by atoms with Crippen molar-refractivity contribution in [2.45, 2.75) is 18.9 Å². The lowest BCUT2D eigenvalue weighted by Gasteiger charge is -2.26. The molecule has 0 amide bonds. The number of ether oxygens (including phenoxy) is 1. The van der Waals surface area contributed by atoms with Gasteiger partial charge in [0.25, 0.3) is 0 Å². The van der Waals surface area contributed by atoms with E-state index in [0.29, 0.717) is 25.9 Å². The zero-order valence-corrected chi connectivity index (χ0v) is 7.25. The second-order valence-corrected chi connectivity index (χ2v) is 2.95. The van der Waals surface area contributed by atoms with Crippen molar-refractivity contribution in [2.24, 2.45) is 0 Å². The smallest absolute Gasteiger partial charge is 0.404 e. The van der Waals surface area contributed by atoms with E-state index in [1.165, 1.54) is 0 Å². The molecule has 1 aliphatic heterocycles. The van der Waals surface area contributed by atoms with Crippen molar-refractivity contribution in [3.63, 3.8) is 0 Å². The first-order valence-electron chi connectivity index (χ1n) is 3.73. The van der Waals surface area contributed by atoms with Crippen molar-refractivity contribution >= 4 is 17.0 Å². The summed E-state index contributed by atoms with van der Waals surface area (Å²) in [5.74, 6) is 0. The van der Waals surface area contributed by atoms with E-state index in [9.17, 15) is 4.79 Å². The molecule has 66 valence electrons. The molecule has 1 fully saturated rings. The van der Waals surface area contributed by atoms with Gasteiger partial charge in [-0.25, -0.2) is 4.79 Å². The molecule has 0 N–H and O–H groups in total. The fraction of sp³-hybridized carbons (Fsp3) is 0.714. The van der Waals surface area contributed by atoms with Crippen LogP contribution in [0.25, 0.3) is 0 Å². The summed E-state index contributed by atoms with van der Waals surface area (Å²) < 4.78 is 4.77. The number of nitriles is 1. The third kappa shape index (κ3) is 2.59. The van der Waals surface area contributed by atoms with Crippen LogP contribution in [0.2, 0.25) is 0 Å². The molecule has 0 atom stereocenters. The highest BCUT2D eigenvalue weighted by molar-refractivity contribution is 6.61. The Morgan fingerprint density at radius 2 is 2.17 bits per heavy atom. The number of rotatable bonds is 1. The Labute approximate surface area is 75.7 Å². The molecular weight excluding hydrogens is 180 g/mol. The summed E-state index contributed by atoms with van der Waals surface area (Å²) in [5, 5.41) is 8.50. The van der Waals surface area contributed by atoms with Gasteiger partial charge in [0.05, 0.1) is 0 Å². The van der Waals surface area contributed by atoms with Crippen molar-refractivity contribution in [1.29, 1.82) is 5.26 Å². The summed E-state index contributed by atoms with van der Waals surface area (Å²) in [6.07, 6.45) is 3.30. The van der Waals surface area contributed by atoms with Crippen molar-refractivity contribution < 1.29 is 9.53 Å². The first-order valence-corrected chi connectivity index (χ1v) is 4.11. The van der Waals surface area contributed by atoms with E-state index in [-0.39, 0.29) is 6.10 Å². The zero-order valence-electron chi connectivity index (χ0n) is 6.49. The van der Waals surface area contributed by atoms with Crippen molar-refractivity contribution in [2.75, 3.05) is 13.1 Å². The Hall–Kier alpha value is -0.950. The lowest BCUT2D eigenvalue weighted by Crippen LogP contribution is -2.34. The highest BCUT2D eigenvalue weighted by Crippen LogP contribution is 2.13. The normalized spacial score (nSPS) is 18.5. The minimum absolute atomic E-state index is 0.111. The average molecular weight is 189 g/mol. The largest absolute Gasteiger partial charge is 0.450 e. The van der Waals surface area contributed by atoms with E-state index in [1.807, 2.05) is 6.19 Å². The molecule has 0 saturated carbocycles. The molecule has 0 aliphatic carbocycles. The summed E-state index contributed by atoms with van der Waals surface area (Å²) >= 11 is 5.04. The van der Waals surface area contributed by atoms with Gasteiger partial charge in [-0.15, -0.1) is 0 Å².